The molecule has 6 heteroatoms. The molecule has 0 atom stereocenters. The van der Waals surface area contributed by atoms with Gasteiger partial charge in [0.2, 0.25) is 0 Å². The summed E-state index contributed by atoms with van der Waals surface area (Å²) in [4.78, 5) is 24.1. The van der Waals surface area contributed by atoms with Gasteiger partial charge in [0.05, 0.1) is 5.02 Å². The van der Waals surface area contributed by atoms with Crippen LogP contribution in [0.4, 0.5) is 5.69 Å². The average Bonchev–Trinajstić information content (AvgIpc) is 2.50. The van der Waals surface area contributed by atoms with Gasteiger partial charge in [-0.3, -0.25) is 4.79 Å². The molecule has 1 heterocycles. The van der Waals surface area contributed by atoms with Crippen LogP contribution < -0.4 is 10.9 Å². The lowest BCUT2D eigenvalue weighted by molar-refractivity contribution is 0.102. The number of carbonyl (C=O) groups is 1. The molecule has 2 aromatic carbocycles. The van der Waals surface area contributed by atoms with Gasteiger partial charge in [-0.15, -0.1) is 0 Å². The predicted molar refractivity (Wildman–Crippen MR) is 86.9 cm³/mol. The van der Waals surface area contributed by atoms with Crippen LogP contribution in [0.3, 0.4) is 0 Å². The second-order valence-corrected chi connectivity index (χ2v) is 5.42. The molecule has 3 rings (SSSR count). The lowest BCUT2D eigenvalue weighted by Gasteiger charge is -2.06. The average molecular weight is 334 g/mol. The predicted octanol–water partition coefficient (Wildman–Crippen LogP) is 4.35. The molecule has 1 amide bonds. The van der Waals surface area contributed by atoms with Crippen LogP contribution in [0.5, 0.6) is 0 Å². The van der Waals surface area contributed by atoms with Crippen molar-refractivity contribution >= 4 is 45.8 Å². The highest BCUT2D eigenvalue weighted by Crippen LogP contribution is 2.28. The van der Waals surface area contributed by atoms with E-state index in [1.165, 1.54) is 12.1 Å². The van der Waals surface area contributed by atoms with Gasteiger partial charge in [-0.2, -0.15) is 0 Å². The molecule has 3 aromatic rings. The molecule has 22 heavy (non-hydrogen) atoms. The Bertz CT molecular complexity index is 920. The molecule has 0 saturated heterocycles. The van der Waals surface area contributed by atoms with Crippen LogP contribution in [-0.2, 0) is 0 Å². The van der Waals surface area contributed by atoms with E-state index in [0.29, 0.717) is 16.0 Å². The van der Waals surface area contributed by atoms with Gasteiger partial charge in [-0.05, 0) is 30.3 Å². The highest BCUT2D eigenvalue weighted by molar-refractivity contribution is 6.38. The van der Waals surface area contributed by atoms with E-state index in [4.69, 9.17) is 27.6 Å². The minimum Gasteiger partial charge on any atom is -0.420 e. The summed E-state index contributed by atoms with van der Waals surface area (Å²) in [5, 5.41) is 3.70. The lowest BCUT2D eigenvalue weighted by Crippen LogP contribution is -2.17. The topological polar surface area (TPSA) is 59.3 Å². The molecule has 0 saturated carbocycles. The molecular weight excluding hydrogens is 325 g/mol. The highest BCUT2D eigenvalue weighted by atomic mass is 35.5. The minimum absolute atomic E-state index is 0.0275. The fourth-order valence-corrected chi connectivity index (χ4v) is 2.58. The van der Waals surface area contributed by atoms with Crippen LogP contribution in [0, 0.1) is 0 Å². The highest BCUT2D eigenvalue weighted by Gasteiger charge is 2.12. The Balaban J connectivity index is 2.03. The first-order valence-electron chi connectivity index (χ1n) is 6.34. The van der Waals surface area contributed by atoms with Crippen molar-refractivity contribution in [2.24, 2.45) is 0 Å². The number of carbonyl (C=O) groups excluding carboxylic acids is 1. The van der Waals surface area contributed by atoms with Crippen LogP contribution in [-0.4, -0.2) is 5.91 Å². The standard InChI is InChI=1S/C16H9Cl2NO3/c17-11-6-10-7-13(16(21)22-14(10)12(18)8-11)19-15(20)9-4-2-1-3-5-9/h1-8H,(H,19,20). The van der Waals surface area contributed by atoms with Crippen molar-refractivity contribution < 1.29 is 9.21 Å². The molecule has 0 radical (unpaired) electrons. The van der Waals surface area contributed by atoms with Crippen LogP contribution >= 0.6 is 23.2 Å². The fourth-order valence-electron chi connectivity index (χ4n) is 2.03. The quantitative estimate of drug-likeness (QED) is 0.709. The van der Waals surface area contributed by atoms with Crippen molar-refractivity contribution in [3.63, 3.8) is 0 Å². The molecule has 0 spiro atoms. The van der Waals surface area contributed by atoms with Gasteiger partial charge in [0, 0.05) is 16.0 Å². The molecule has 0 bridgehead atoms. The smallest absolute Gasteiger partial charge is 0.360 e. The first-order valence-corrected chi connectivity index (χ1v) is 7.09. The third-order valence-corrected chi connectivity index (χ3v) is 3.53. The summed E-state index contributed by atoms with van der Waals surface area (Å²) in [5.74, 6) is -0.402. The third-order valence-electron chi connectivity index (χ3n) is 3.04. The molecule has 110 valence electrons. The molecule has 0 fully saturated rings. The number of amides is 1. The van der Waals surface area contributed by atoms with Gasteiger partial charge < -0.3 is 9.73 Å². The number of fused-ring (bicyclic) bond motifs is 1. The van der Waals surface area contributed by atoms with Crippen molar-refractivity contribution in [3.8, 4) is 0 Å². The third kappa shape index (κ3) is 2.84. The monoisotopic (exact) mass is 333 g/mol. The number of benzene rings is 2. The van der Waals surface area contributed by atoms with Gasteiger partial charge in [-0.1, -0.05) is 41.4 Å². The molecule has 0 aliphatic carbocycles. The Hall–Kier alpha value is -2.30. The van der Waals surface area contributed by atoms with Crippen molar-refractivity contribution in [2.75, 3.05) is 5.32 Å². The number of rotatable bonds is 2. The van der Waals surface area contributed by atoms with Crippen LogP contribution in [0.2, 0.25) is 10.0 Å². The maximum Gasteiger partial charge on any atom is 0.360 e. The van der Waals surface area contributed by atoms with Crippen molar-refractivity contribution in [1.82, 2.24) is 0 Å². The van der Waals surface area contributed by atoms with Crippen LogP contribution in [0.15, 0.2) is 57.7 Å². The number of halogens is 2. The van der Waals surface area contributed by atoms with Gasteiger partial charge in [0.15, 0.2) is 5.58 Å². The van der Waals surface area contributed by atoms with E-state index < -0.39 is 11.5 Å². The number of hydrogen-bond donors (Lipinski definition) is 1. The molecular formula is C16H9Cl2NO3. The SMILES string of the molecule is O=C(Nc1cc2cc(Cl)cc(Cl)c2oc1=O)c1ccccc1. The molecule has 0 unspecified atom stereocenters. The zero-order valence-electron chi connectivity index (χ0n) is 11.1. The van der Waals surface area contributed by atoms with Crippen molar-refractivity contribution in [3.05, 3.63) is 74.6 Å². The largest absolute Gasteiger partial charge is 0.420 e. The zero-order valence-corrected chi connectivity index (χ0v) is 12.6. The maximum absolute atomic E-state index is 12.1. The van der Waals surface area contributed by atoms with Gasteiger partial charge in [0.25, 0.3) is 5.91 Å². The van der Waals surface area contributed by atoms with Crippen molar-refractivity contribution in [1.29, 1.82) is 0 Å². The number of nitrogens with one attached hydrogen (secondary N) is 1. The van der Waals surface area contributed by atoms with E-state index in [-0.39, 0.29) is 16.3 Å². The van der Waals surface area contributed by atoms with Gasteiger partial charge >= 0.3 is 5.63 Å². The summed E-state index contributed by atoms with van der Waals surface area (Å²) >= 11 is 11.9. The molecule has 4 nitrogen and oxygen atoms in total. The fraction of sp³-hybridized carbons (Fsp3) is 0. The van der Waals surface area contributed by atoms with Crippen LogP contribution in [0.25, 0.3) is 11.0 Å². The Morgan fingerprint density at radius 2 is 1.77 bits per heavy atom. The first-order chi connectivity index (χ1) is 10.5. The zero-order chi connectivity index (χ0) is 15.7. The van der Waals surface area contributed by atoms with E-state index in [2.05, 4.69) is 5.32 Å². The maximum atomic E-state index is 12.1. The Morgan fingerprint density at radius 1 is 1.05 bits per heavy atom. The van der Waals surface area contributed by atoms with Crippen LogP contribution in [0.1, 0.15) is 10.4 Å². The molecule has 0 aliphatic heterocycles. The van der Waals surface area contributed by atoms with Gasteiger partial charge in [0.1, 0.15) is 5.69 Å². The van der Waals surface area contributed by atoms with Crippen molar-refractivity contribution in [2.45, 2.75) is 0 Å². The van der Waals surface area contributed by atoms with E-state index in [9.17, 15) is 9.59 Å². The minimum atomic E-state index is -0.680. The summed E-state index contributed by atoms with van der Waals surface area (Å²) in [6, 6.07) is 13.1. The van der Waals surface area contributed by atoms with E-state index in [1.807, 2.05) is 0 Å². The number of anilines is 1. The summed E-state index contributed by atoms with van der Waals surface area (Å²) < 4.78 is 5.15. The molecule has 1 aromatic heterocycles. The van der Waals surface area contributed by atoms with E-state index in [1.54, 1.807) is 36.4 Å². The summed E-state index contributed by atoms with van der Waals surface area (Å²) in [6.07, 6.45) is 0. The Kier molecular flexibility index (Phi) is 3.88. The second kappa shape index (κ2) is 5.83. The first kappa shape index (κ1) is 14.6. The summed E-state index contributed by atoms with van der Waals surface area (Å²) in [5.41, 5.74) is 0.0144. The molecule has 1 N–H and O–H groups in total. The lowest BCUT2D eigenvalue weighted by atomic mass is 10.2. The summed E-state index contributed by atoms with van der Waals surface area (Å²) in [6.45, 7) is 0. The Labute approximate surface area is 135 Å². The number of hydrogen-bond acceptors (Lipinski definition) is 3. The van der Waals surface area contributed by atoms with Gasteiger partial charge in [-0.25, -0.2) is 4.79 Å². The summed E-state index contributed by atoms with van der Waals surface area (Å²) in [7, 11) is 0. The van der Waals surface area contributed by atoms with E-state index in [0.717, 1.165) is 0 Å². The van der Waals surface area contributed by atoms with E-state index >= 15 is 0 Å². The Morgan fingerprint density at radius 3 is 2.50 bits per heavy atom. The molecule has 0 aliphatic rings. The second-order valence-electron chi connectivity index (χ2n) is 4.57. The normalized spacial score (nSPS) is 10.6.